The molecule has 2 aromatic rings. The fourth-order valence-electron chi connectivity index (χ4n) is 3.66. The molecule has 5 amide bonds. The molecular formula is C24H33N7O7. The Morgan fingerprint density at radius 1 is 0.842 bits per heavy atom. The highest BCUT2D eigenvalue weighted by Gasteiger charge is 2.32. The molecule has 14 heteroatoms. The zero-order valence-electron chi connectivity index (χ0n) is 21.0. The molecule has 1 heterocycles. The van der Waals surface area contributed by atoms with Gasteiger partial charge in [0.1, 0.15) is 18.1 Å². The molecule has 1 aromatic heterocycles. The van der Waals surface area contributed by atoms with Gasteiger partial charge in [-0.15, -0.1) is 0 Å². The van der Waals surface area contributed by atoms with Crippen molar-refractivity contribution in [1.82, 2.24) is 20.9 Å². The Bertz CT molecular complexity index is 1210. The number of benzene rings is 1. The molecule has 14 nitrogen and oxygen atoms in total. The number of hydrogen-bond acceptors (Lipinski definition) is 7. The Balaban J connectivity index is 2.35. The second kappa shape index (κ2) is 13.2. The van der Waals surface area contributed by atoms with Gasteiger partial charge < -0.3 is 43.2 Å². The molecule has 0 spiro atoms. The molecule has 0 saturated carbocycles. The van der Waals surface area contributed by atoms with Crippen LogP contribution in [0.1, 0.15) is 32.3 Å². The molecule has 0 radical (unpaired) electrons. The number of carbonyl (C=O) groups is 6. The van der Waals surface area contributed by atoms with Crippen LogP contribution in [-0.2, 0) is 35.2 Å². The first-order valence-corrected chi connectivity index (χ1v) is 11.8. The van der Waals surface area contributed by atoms with Gasteiger partial charge >= 0.3 is 5.97 Å². The number of fused-ring (bicyclic) bond motifs is 1. The first-order valence-electron chi connectivity index (χ1n) is 11.8. The van der Waals surface area contributed by atoms with Gasteiger partial charge in [-0.1, -0.05) is 32.0 Å². The zero-order chi connectivity index (χ0) is 28.6. The van der Waals surface area contributed by atoms with Crippen molar-refractivity contribution < 1.29 is 33.9 Å². The zero-order valence-corrected chi connectivity index (χ0v) is 21.0. The molecule has 11 N–H and O–H groups in total. The number of aromatic amines is 1. The third kappa shape index (κ3) is 8.30. The van der Waals surface area contributed by atoms with E-state index in [1.165, 1.54) is 0 Å². The van der Waals surface area contributed by atoms with Gasteiger partial charge in [-0.2, -0.15) is 0 Å². The summed E-state index contributed by atoms with van der Waals surface area (Å²) in [6.07, 6.45) is 0.262. The molecule has 4 unspecified atom stereocenters. The lowest BCUT2D eigenvalue weighted by molar-refractivity contribution is -0.143. The number of carbonyl (C=O) groups excluding carboxylic acids is 5. The van der Waals surface area contributed by atoms with E-state index in [-0.39, 0.29) is 12.3 Å². The van der Waals surface area contributed by atoms with Crippen LogP contribution in [0.25, 0.3) is 10.9 Å². The normalized spacial score (nSPS) is 14.2. The number of nitrogens with one attached hydrogen (secondary N) is 4. The molecule has 38 heavy (non-hydrogen) atoms. The molecule has 0 bridgehead atoms. The number of primary amides is 2. The maximum Gasteiger partial charge on any atom is 0.326 e. The number of rotatable bonds is 14. The minimum absolute atomic E-state index is 0.104. The Morgan fingerprint density at radius 2 is 1.37 bits per heavy atom. The highest BCUT2D eigenvalue weighted by atomic mass is 16.4. The molecule has 0 aliphatic rings. The van der Waals surface area contributed by atoms with Crippen molar-refractivity contribution in [2.24, 2.45) is 23.1 Å². The number of aliphatic carboxylic acids is 1. The van der Waals surface area contributed by atoms with Gasteiger partial charge in [0.2, 0.25) is 29.5 Å². The Kier molecular flexibility index (Phi) is 10.3. The van der Waals surface area contributed by atoms with Crippen LogP contribution < -0.4 is 33.2 Å². The second-order valence-electron chi connectivity index (χ2n) is 9.20. The van der Waals surface area contributed by atoms with E-state index >= 15 is 0 Å². The fourth-order valence-corrected chi connectivity index (χ4v) is 3.66. The molecule has 0 fully saturated rings. The summed E-state index contributed by atoms with van der Waals surface area (Å²) >= 11 is 0. The number of carboxylic acid groups (broad SMARTS) is 1. The summed E-state index contributed by atoms with van der Waals surface area (Å²) in [5.74, 6) is -6.18. The SMILES string of the molecule is CC(C)C(N)C(=O)NC(CC(N)=O)C(=O)NC(Cc1c[nH]c2ccccc12)C(=O)NC(CC(N)=O)C(=O)O. The standard InChI is InChI=1S/C24H33N7O7/c1-11(2)20(27)23(36)30-16(8-18(25)32)22(35)29-15(21(34)31-17(24(37)38)9-19(26)33)7-12-10-28-14-6-4-3-5-13(12)14/h3-6,10-11,15-17,20,28H,7-9,27H2,1-2H3,(H2,25,32)(H2,26,33)(H,29,35)(H,30,36)(H,31,34)(H,37,38). The molecule has 2 rings (SSSR count). The van der Waals surface area contributed by atoms with E-state index in [9.17, 15) is 33.9 Å². The first-order chi connectivity index (χ1) is 17.8. The van der Waals surface area contributed by atoms with Crippen LogP contribution in [0.4, 0.5) is 0 Å². The maximum absolute atomic E-state index is 13.2. The van der Waals surface area contributed by atoms with Gasteiger partial charge in [0.25, 0.3) is 0 Å². The molecule has 0 aliphatic heterocycles. The number of H-pyrrole nitrogens is 1. The second-order valence-corrected chi connectivity index (χ2v) is 9.20. The quantitative estimate of drug-likeness (QED) is 0.135. The number of nitrogens with two attached hydrogens (primary N) is 3. The summed E-state index contributed by atoms with van der Waals surface area (Å²) in [5, 5.41) is 17.2. The fraction of sp³-hybridized carbons (Fsp3) is 0.417. The number of carboxylic acids is 1. The van der Waals surface area contributed by atoms with Crippen molar-refractivity contribution in [2.45, 2.75) is 57.3 Å². The number of amides is 5. The molecule has 0 aliphatic carbocycles. The van der Waals surface area contributed by atoms with Crippen LogP contribution in [0.5, 0.6) is 0 Å². The third-order valence-electron chi connectivity index (χ3n) is 5.81. The molecule has 1 aromatic carbocycles. The average Bonchev–Trinajstić information content (AvgIpc) is 3.24. The molecule has 206 valence electrons. The van der Waals surface area contributed by atoms with Crippen molar-refractivity contribution in [3.8, 4) is 0 Å². The van der Waals surface area contributed by atoms with Gasteiger partial charge in [-0.05, 0) is 17.5 Å². The summed E-state index contributed by atoms with van der Waals surface area (Å²) < 4.78 is 0. The van der Waals surface area contributed by atoms with Crippen LogP contribution in [0.2, 0.25) is 0 Å². The van der Waals surface area contributed by atoms with Crippen LogP contribution in [0.3, 0.4) is 0 Å². The summed E-state index contributed by atoms with van der Waals surface area (Å²) in [6.45, 7) is 3.39. The highest BCUT2D eigenvalue weighted by molar-refractivity contribution is 5.97. The number of para-hydroxylation sites is 1. The van der Waals surface area contributed by atoms with E-state index in [4.69, 9.17) is 17.2 Å². The lowest BCUT2D eigenvalue weighted by Crippen LogP contribution is -2.58. The van der Waals surface area contributed by atoms with Crippen LogP contribution in [-0.4, -0.2) is 69.8 Å². The van der Waals surface area contributed by atoms with Crippen molar-refractivity contribution in [3.05, 3.63) is 36.0 Å². The van der Waals surface area contributed by atoms with E-state index in [2.05, 4.69) is 20.9 Å². The summed E-state index contributed by atoms with van der Waals surface area (Å²) in [4.78, 5) is 76.3. The smallest absolute Gasteiger partial charge is 0.326 e. The maximum atomic E-state index is 13.2. The van der Waals surface area contributed by atoms with E-state index < -0.39 is 72.5 Å². The van der Waals surface area contributed by atoms with Crippen molar-refractivity contribution >= 4 is 46.4 Å². The lowest BCUT2D eigenvalue weighted by atomic mass is 10.0. The Labute approximate surface area is 218 Å². The molecule has 4 atom stereocenters. The van der Waals surface area contributed by atoms with Crippen LogP contribution >= 0.6 is 0 Å². The van der Waals surface area contributed by atoms with Crippen molar-refractivity contribution in [1.29, 1.82) is 0 Å². The van der Waals surface area contributed by atoms with E-state index in [1.54, 1.807) is 44.3 Å². The first kappa shape index (κ1) is 29.8. The van der Waals surface area contributed by atoms with E-state index in [1.807, 2.05) is 0 Å². The van der Waals surface area contributed by atoms with E-state index in [0.717, 1.165) is 10.9 Å². The molecular weight excluding hydrogens is 498 g/mol. The largest absolute Gasteiger partial charge is 0.480 e. The third-order valence-corrected chi connectivity index (χ3v) is 5.81. The minimum Gasteiger partial charge on any atom is -0.480 e. The predicted molar refractivity (Wildman–Crippen MR) is 136 cm³/mol. The summed E-state index contributed by atoms with van der Waals surface area (Å²) in [5.41, 5.74) is 17.6. The van der Waals surface area contributed by atoms with Gasteiger partial charge in [0.05, 0.1) is 18.9 Å². The van der Waals surface area contributed by atoms with Gasteiger partial charge in [0.15, 0.2) is 0 Å². The van der Waals surface area contributed by atoms with Crippen molar-refractivity contribution in [3.63, 3.8) is 0 Å². The van der Waals surface area contributed by atoms with Gasteiger partial charge in [-0.3, -0.25) is 24.0 Å². The monoisotopic (exact) mass is 531 g/mol. The topological polar surface area (TPSA) is 253 Å². The van der Waals surface area contributed by atoms with Crippen molar-refractivity contribution in [2.75, 3.05) is 0 Å². The van der Waals surface area contributed by atoms with Crippen LogP contribution in [0, 0.1) is 5.92 Å². The summed E-state index contributed by atoms with van der Waals surface area (Å²) in [6, 6.07) is 1.71. The van der Waals surface area contributed by atoms with E-state index in [0.29, 0.717) is 5.56 Å². The van der Waals surface area contributed by atoms with Gasteiger partial charge in [0, 0.05) is 23.5 Å². The highest BCUT2D eigenvalue weighted by Crippen LogP contribution is 2.19. The van der Waals surface area contributed by atoms with Gasteiger partial charge in [-0.25, -0.2) is 4.79 Å². The Morgan fingerprint density at radius 3 is 1.95 bits per heavy atom. The Hall–Kier alpha value is -4.46. The number of hydrogen-bond donors (Lipinski definition) is 8. The predicted octanol–water partition coefficient (Wildman–Crippen LogP) is -2.02. The summed E-state index contributed by atoms with van der Waals surface area (Å²) in [7, 11) is 0. The molecule has 0 saturated heterocycles. The van der Waals surface area contributed by atoms with Crippen LogP contribution in [0.15, 0.2) is 30.5 Å². The number of aromatic nitrogens is 1. The average molecular weight is 532 g/mol. The lowest BCUT2D eigenvalue weighted by Gasteiger charge is -2.25. The minimum atomic E-state index is -1.65.